The average molecular weight is 123 g/mol. The van der Waals surface area contributed by atoms with Crippen molar-refractivity contribution in [2.75, 3.05) is 0 Å². The predicted octanol–water partition coefficient (Wildman–Crippen LogP) is 1.15. The number of nitrogens with one attached hydrogen (secondary N) is 1. The Kier molecular flexibility index (Phi) is 2.13. The molecule has 1 rings (SSSR count). The van der Waals surface area contributed by atoms with Gasteiger partial charge in [-0.1, -0.05) is 0 Å². The Morgan fingerprint density at radius 3 is 2.89 bits per heavy atom. The van der Waals surface area contributed by atoms with Crippen molar-refractivity contribution >= 4 is 0 Å². The molecule has 1 aliphatic rings. The Bertz CT molecular complexity index is 119. The standard InChI is InChI=1S/C8H13N/c1-3-4-7(2)9-8-5-6-8/h1,7-9H,4-6H2,2H3. The minimum atomic E-state index is 0.516. The van der Waals surface area contributed by atoms with Crippen LogP contribution in [0.1, 0.15) is 26.2 Å². The number of rotatable bonds is 3. The van der Waals surface area contributed by atoms with Gasteiger partial charge in [-0.2, -0.15) is 0 Å². The Labute approximate surface area is 56.8 Å². The molecule has 0 radical (unpaired) electrons. The van der Waals surface area contributed by atoms with Gasteiger partial charge in [0, 0.05) is 18.5 Å². The number of hydrogen-bond acceptors (Lipinski definition) is 1. The maximum Gasteiger partial charge on any atom is 0.0238 e. The van der Waals surface area contributed by atoms with Crippen LogP contribution in [0.5, 0.6) is 0 Å². The van der Waals surface area contributed by atoms with Gasteiger partial charge in [0.1, 0.15) is 0 Å². The lowest BCUT2D eigenvalue weighted by Crippen LogP contribution is -2.27. The van der Waals surface area contributed by atoms with Crippen LogP contribution in [-0.4, -0.2) is 12.1 Å². The molecule has 1 atom stereocenters. The van der Waals surface area contributed by atoms with Gasteiger partial charge in [-0.25, -0.2) is 0 Å². The summed E-state index contributed by atoms with van der Waals surface area (Å²) < 4.78 is 0. The summed E-state index contributed by atoms with van der Waals surface area (Å²) in [6.45, 7) is 2.14. The van der Waals surface area contributed by atoms with E-state index in [9.17, 15) is 0 Å². The van der Waals surface area contributed by atoms with E-state index < -0.39 is 0 Å². The molecule has 0 spiro atoms. The van der Waals surface area contributed by atoms with Gasteiger partial charge in [0.05, 0.1) is 0 Å². The lowest BCUT2D eigenvalue weighted by atomic mass is 10.2. The van der Waals surface area contributed by atoms with Crippen molar-refractivity contribution in [1.82, 2.24) is 5.32 Å². The highest BCUT2D eigenvalue weighted by Gasteiger charge is 2.21. The predicted molar refractivity (Wildman–Crippen MR) is 39.1 cm³/mol. The van der Waals surface area contributed by atoms with Crippen LogP contribution in [0.3, 0.4) is 0 Å². The highest BCUT2D eigenvalue weighted by molar-refractivity contribution is 4.91. The Balaban J connectivity index is 2.03. The minimum absolute atomic E-state index is 0.516. The molecule has 0 saturated heterocycles. The third-order valence-electron chi connectivity index (χ3n) is 1.52. The van der Waals surface area contributed by atoms with Crippen LogP contribution in [0, 0.1) is 12.3 Å². The molecule has 9 heavy (non-hydrogen) atoms. The fourth-order valence-electron chi connectivity index (χ4n) is 0.888. The van der Waals surface area contributed by atoms with Gasteiger partial charge in [-0.3, -0.25) is 0 Å². The zero-order valence-corrected chi connectivity index (χ0v) is 5.85. The molecule has 0 aromatic rings. The molecular weight excluding hydrogens is 110 g/mol. The summed E-state index contributed by atoms with van der Waals surface area (Å²) in [6.07, 6.45) is 8.68. The highest BCUT2D eigenvalue weighted by Crippen LogP contribution is 2.19. The first kappa shape index (κ1) is 6.64. The van der Waals surface area contributed by atoms with Gasteiger partial charge in [0.15, 0.2) is 0 Å². The van der Waals surface area contributed by atoms with Crippen molar-refractivity contribution < 1.29 is 0 Å². The molecule has 0 aromatic carbocycles. The molecule has 0 bridgehead atoms. The van der Waals surface area contributed by atoms with E-state index in [2.05, 4.69) is 18.2 Å². The Hall–Kier alpha value is -0.480. The van der Waals surface area contributed by atoms with Gasteiger partial charge >= 0.3 is 0 Å². The molecule has 1 N–H and O–H groups in total. The first-order chi connectivity index (χ1) is 4.33. The van der Waals surface area contributed by atoms with Gasteiger partial charge in [-0.05, 0) is 19.8 Å². The number of terminal acetylenes is 1. The molecule has 0 heterocycles. The van der Waals surface area contributed by atoms with E-state index in [-0.39, 0.29) is 0 Å². The molecule has 50 valence electrons. The summed E-state index contributed by atoms with van der Waals surface area (Å²) in [6, 6.07) is 1.30. The van der Waals surface area contributed by atoms with E-state index in [1.807, 2.05) is 0 Å². The quantitative estimate of drug-likeness (QED) is 0.555. The van der Waals surface area contributed by atoms with Crippen LogP contribution in [0.25, 0.3) is 0 Å². The zero-order chi connectivity index (χ0) is 6.69. The molecule has 1 fully saturated rings. The van der Waals surface area contributed by atoms with Crippen molar-refractivity contribution in [2.24, 2.45) is 0 Å². The lowest BCUT2D eigenvalue weighted by molar-refractivity contribution is 0.556. The van der Waals surface area contributed by atoms with Gasteiger partial charge in [0.25, 0.3) is 0 Å². The maximum atomic E-state index is 5.14. The van der Waals surface area contributed by atoms with Crippen LogP contribution >= 0.6 is 0 Å². The Morgan fingerprint density at radius 1 is 1.78 bits per heavy atom. The van der Waals surface area contributed by atoms with Crippen LogP contribution in [0.2, 0.25) is 0 Å². The molecular formula is C8H13N. The summed E-state index contributed by atoms with van der Waals surface area (Å²) in [5.41, 5.74) is 0. The van der Waals surface area contributed by atoms with E-state index in [4.69, 9.17) is 6.42 Å². The second kappa shape index (κ2) is 2.89. The minimum Gasteiger partial charge on any atom is -0.311 e. The largest absolute Gasteiger partial charge is 0.311 e. The molecule has 1 unspecified atom stereocenters. The normalized spacial score (nSPS) is 20.9. The summed E-state index contributed by atoms with van der Waals surface area (Å²) in [5, 5.41) is 3.41. The third kappa shape index (κ3) is 2.53. The molecule has 0 aliphatic heterocycles. The second-order valence-corrected chi connectivity index (χ2v) is 2.75. The molecule has 0 aromatic heterocycles. The van der Waals surface area contributed by atoms with Crippen LogP contribution in [0.4, 0.5) is 0 Å². The third-order valence-corrected chi connectivity index (χ3v) is 1.52. The molecule has 1 heteroatoms. The van der Waals surface area contributed by atoms with E-state index in [0.29, 0.717) is 6.04 Å². The molecule has 1 aliphatic carbocycles. The van der Waals surface area contributed by atoms with E-state index in [0.717, 1.165) is 12.5 Å². The summed E-state index contributed by atoms with van der Waals surface area (Å²) >= 11 is 0. The topological polar surface area (TPSA) is 12.0 Å². The van der Waals surface area contributed by atoms with Crippen molar-refractivity contribution in [3.05, 3.63) is 0 Å². The van der Waals surface area contributed by atoms with Crippen LogP contribution < -0.4 is 5.32 Å². The van der Waals surface area contributed by atoms with Crippen molar-refractivity contribution in [3.63, 3.8) is 0 Å². The first-order valence-electron chi connectivity index (χ1n) is 3.52. The molecule has 0 amide bonds. The van der Waals surface area contributed by atoms with Crippen LogP contribution in [-0.2, 0) is 0 Å². The van der Waals surface area contributed by atoms with Crippen molar-refractivity contribution in [1.29, 1.82) is 0 Å². The lowest BCUT2D eigenvalue weighted by Gasteiger charge is -2.07. The van der Waals surface area contributed by atoms with Crippen molar-refractivity contribution in [2.45, 2.75) is 38.3 Å². The molecule has 1 saturated carbocycles. The monoisotopic (exact) mass is 123 g/mol. The van der Waals surface area contributed by atoms with Gasteiger partial charge in [-0.15, -0.1) is 12.3 Å². The SMILES string of the molecule is C#CCC(C)NC1CC1. The van der Waals surface area contributed by atoms with E-state index in [1.165, 1.54) is 12.8 Å². The summed E-state index contributed by atoms with van der Waals surface area (Å²) in [7, 11) is 0. The molecule has 1 nitrogen and oxygen atoms in total. The van der Waals surface area contributed by atoms with E-state index >= 15 is 0 Å². The number of hydrogen-bond donors (Lipinski definition) is 1. The second-order valence-electron chi connectivity index (χ2n) is 2.75. The average Bonchev–Trinajstić information content (AvgIpc) is 2.50. The summed E-state index contributed by atoms with van der Waals surface area (Å²) in [4.78, 5) is 0. The van der Waals surface area contributed by atoms with Crippen molar-refractivity contribution in [3.8, 4) is 12.3 Å². The fourth-order valence-corrected chi connectivity index (χ4v) is 0.888. The maximum absolute atomic E-state index is 5.14. The van der Waals surface area contributed by atoms with Crippen LogP contribution in [0.15, 0.2) is 0 Å². The first-order valence-corrected chi connectivity index (χ1v) is 3.52. The van der Waals surface area contributed by atoms with Gasteiger partial charge < -0.3 is 5.32 Å². The Morgan fingerprint density at radius 2 is 2.44 bits per heavy atom. The van der Waals surface area contributed by atoms with E-state index in [1.54, 1.807) is 0 Å². The summed E-state index contributed by atoms with van der Waals surface area (Å²) in [5.74, 6) is 2.64. The fraction of sp³-hybridized carbons (Fsp3) is 0.750. The van der Waals surface area contributed by atoms with Gasteiger partial charge in [0.2, 0.25) is 0 Å². The zero-order valence-electron chi connectivity index (χ0n) is 5.85. The smallest absolute Gasteiger partial charge is 0.0238 e. The highest BCUT2D eigenvalue weighted by atomic mass is 15.0.